The van der Waals surface area contributed by atoms with Crippen LogP contribution in [0.2, 0.25) is 0 Å². The van der Waals surface area contributed by atoms with E-state index in [1.165, 1.54) is 0 Å². The number of rotatable bonds is 4. The van der Waals surface area contributed by atoms with Crippen LogP contribution in [0.15, 0.2) is 12.3 Å². The zero-order valence-corrected chi connectivity index (χ0v) is 15.6. The number of nitrogens with zero attached hydrogens (tertiary/aromatic N) is 2. The fraction of sp³-hybridized carbons (Fsp3) is 0.688. The lowest BCUT2D eigenvalue weighted by Gasteiger charge is -2.23. The number of piperidine rings is 1. The minimum atomic E-state index is -0.608. The molecule has 0 aliphatic carbocycles. The summed E-state index contributed by atoms with van der Waals surface area (Å²) in [6.45, 7) is 9.28. The molecule has 0 saturated carbocycles. The van der Waals surface area contributed by atoms with Crippen LogP contribution < -0.4 is 16.0 Å². The first-order chi connectivity index (χ1) is 10.8. The van der Waals surface area contributed by atoms with Gasteiger partial charge in [0.15, 0.2) is 0 Å². The molecule has 1 aromatic rings. The molecular formula is C16H28ClN5O2. The van der Waals surface area contributed by atoms with E-state index in [1.54, 1.807) is 13.0 Å². The lowest BCUT2D eigenvalue weighted by molar-refractivity contribution is -0.124. The Kier molecular flexibility index (Phi) is 7.23. The molecule has 2 unspecified atom stereocenters. The molecular weight excluding hydrogens is 330 g/mol. The molecule has 2 atom stereocenters. The van der Waals surface area contributed by atoms with Gasteiger partial charge in [0, 0.05) is 18.3 Å². The Balaban J connectivity index is 0.00000288. The van der Waals surface area contributed by atoms with Gasteiger partial charge in [-0.3, -0.25) is 14.3 Å². The van der Waals surface area contributed by atoms with Gasteiger partial charge in [0.05, 0.1) is 6.04 Å². The molecule has 0 bridgehead atoms. The third-order valence-corrected chi connectivity index (χ3v) is 3.73. The molecule has 2 heterocycles. The molecule has 7 nitrogen and oxygen atoms in total. The lowest BCUT2D eigenvalue weighted by Crippen LogP contribution is -2.50. The largest absolute Gasteiger partial charge is 0.350 e. The molecule has 8 heteroatoms. The van der Waals surface area contributed by atoms with E-state index < -0.39 is 6.04 Å². The summed E-state index contributed by atoms with van der Waals surface area (Å²) in [5.41, 5.74) is 0.0111. The monoisotopic (exact) mass is 357 g/mol. The first-order valence-corrected chi connectivity index (χ1v) is 8.15. The molecule has 1 aromatic heterocycles. The van der Waals surface area contributed by atoms with Crippen molar-refractivity contribution < 1.29 is 9.59 Å². The Hall–Kier alpha value is -1.60. The Bertz CT molecular complexity index is 561. The zero-order valence-electron chi connectivity index (χ0n) is 14.8. The van der Waals surface area contributed by atoms with Crippen LogP contribution in [0.4, 0.5) is 0 Å². The maximum absolute atomic E-state index is 12.2. The second-order valence-electron chi connectivity index (χ2n) is 7.12. The second-order valence-corrected chi connectivity index (χ2v) is 7.12. The molecule has 0 spiro atoms. The van der Waals surface area contributed by atoms with Crippen LogP contribution in [0.3, 0.4) is 0 Å². The normalized spacial score (nSPS) is 19.1. The Labute approximate surface area is 149 Å². The van der Waals surface area contributed by atoms with Crippen LogP contribution in [0.1, 0.15) is 57.1 Å². The fourth-order valence-corrected chi connectivity index (χ4v) is 2.54. The number of hydrogen-bond acceptors (Lipinski definition) is 4. The van der Waals surface area contributed by atoms with Crippen LogP contribution in [0.5, 0.6) is 0 Å². The van der Waals surface area contributed by atoms with Gasteiger partial charge in [0.1, 0.15) is 11.7 Å². The van der Waals surface area contributed by atoms with Crippen molar-refractivity contribution in [1.29, 1.82) is 0 Å². The molecule has 1 saturated heterocycles. The smallest absolute Gasteiger partial charge is 0.272 e. The van der Waals surface area contributed by atoms with E-state index >= 15 is 0 Å². The number of hydrogen-bond donors (Lipinski definition) is 3. The summed E-state index contributed by atoms with van der Waals surface area (Å²) in [7, 11) is 0. The number of nitrogens with one attached hydrogen (secondary N) is 3. The minimum absolute atomic E-state index is 0. The minimum Gasteiger partial charge on any atom is -0.350 e. The number of carbonyl (C=O) groups excluding carboxylic acids is 2. The van der Waals surface area contributed by atoms with E-state index in [9.17, 15) is 9.59 Å². The predicted molar refractivity (Wildman–Crippen MR) is 95.4 cm³/mol. The average molecular weight is 358 g/mol. The van der Waals surface area contributed by atoms with Gasteiger partial charge in [-0.1, -0.05) is 0 Å². The van der Waals surface area contributed by atoms with Crippen molar-refractivity contribution in [2.24, 2.45) is 0 Å². The number of carbonyl (C=O) groups is 2. The highest BCUT2D eigenvalue weighted by atomic mass is 35.5. The van der Waals surface area contributed by atoms with Gasteiger partial charge in [0.2, 0.25) is 5.91 Å². The van der Waals surface area contributed by atoms with Crippen molar-refractivity contribution in [3.8, 4) is 0 Å². The highest BCUT2D eigenvalue weighted by molar-refractivity contribution is 5.96. The van der Waals surface area contributed by atoms with Crippen molar-refractivity contribution in [2.45, 2.75) is 58.2 Å². The van der Waals surface area contributed by atoms with Gasteiger partial charge < -0.3 is 16.0 Å². The molecule has 1 aliphatic rings. The molecule has 2 rings (SSSR count). The zero-order chi connectivity index (χ0) is 17.0. The fourth-order valence-electron chi connectivity index (χ4n) is 2.54. The number of halogens is 1. The molecule has 0 radical (unpaired) electrons. The average Bonchev–Trinajstić information content (AvgIpc) is 2.96. The SMILES string of the molecule is CC(NC(=O)c1ccn(C2CCCNC2)n1)C(=O)NC(C)(C)C.Cl. The Morgan fingerprint density at radius 3 is 2.71 bits per heavy atom. The topological polar surface area (TPSA) is 88.1 Å². The summed E-state index contributed by atoms with van der Waals surface area (Å²) in [5.74, 6) is -0.536. The summed E-state index contributed by atoms with van der Waals surface area (Å²) in [6.07, 6.45) is 3.99. The van der Waals surface area contributed by atoms with E-state index in [2.05, 4.69) is 21.0 Å². The Morgan fingerprint density at radius 1 is 1.42 bits per heavy atom. The van der Waals surface area contributed by atoms with Crippen LogP contribution in [0.25, 0.3) is 0 Å². The maximum atomic E-state index is 12.2. The lowest BCUT2D eigenvalue weighted by atomic mass is 10.1. The molecule has 136 valence electrons. The van der Waals surface area contributed by atoms with Crippen molar-refractivity contribution in [3.63, 3.8) is 0 Å². The molecule has 24 heavy (non-hydrogen) atoms. The Morgan fingerprint density at radius 2 is 2.12 bits per heavy atom. The van der Waals surface area contributed by atoms with Crippen molar-refractivity contribution in [1.82, 2.24) is 25.7 Å². The highest BCUT2D eigenvalue weighted by Crippen LogP contribution is 2.15. The molecule has 1 fully saturated rings. The first-order valence-electron chi connectivity index (χ1n) is 8.15. The van der Waals surface area contributed by atoms with Gasteiger partial charge in [0.25, 0.3) is 5.91 Å². The molecule has 2 amide bonds. The molecule has 0 aromatic carbocycles. The number of amides is 2. The molecule has 3 N–H and O–H groups in total. The molecule has 1 aliphatic heterocycles. The van der Waals surface area contributed by atoms with E-state index in [1.807, 2.05) is 31.6 Å². The van der Waals surface area contributed by atoms with Gasteiger partial charge in [-0.25, -0.2) is 0 Å². The summed E-state index contributed by atoms with van der Waals surface area (Å²) in [6, 6.07) is 1.37. The van der Waals surface area contributed by atoms with Gasteiger partial charge in [-0.15, -0.1) is 12.4 Å². The second kappa shape index (κ2) is 8.48. The third-order valence-electron chi connectivity index (χ3n) is 3.73. The highest BCUT2D eigenvalue weighted by Gasteiger charge is 2.23. The van der Waals surface area contributed by atoms with E-state index in [-0.39, 0.29) is 35.8 Å². The number of aromatic nitrogens is 2. The van der Waals surface area contributed by atoms with Crippen LogP contribution in [-0.2, 0) is 4.79 Å². The summed E-state index contributed by atoms with van der Waals surface area (Å²) in [5, 5.41) is 13.2. The van der Waals surface area contributed by atoms with Crippen molar-refractivity contribution in [3.05, 3.63) is 18.0 Å². The van der Waals surface area contributed by atoms with Crippen molar-refractivity contribution in [2.75, 3.05) is 13.1 Å². The van der Waals surface area contributed by atoms with E-state index in [0.717, 1.165) is 25.9 Å². The van der Waals surface area contributed by atoms with Gasteiger partial charge >= 0.3 is 0 Å². The standard InChI is InChI=1S/C16H27N5O2.ClH/c1-11(14(22)19-16(2,3)4)18-15(23)13-7-9-21(20-13)12-6-5-8-17-10-12;/h7,9,11-12,17H,5-6,8,10H2,1-4H3,(H,18,23)(H,19,22);1H. The predicted octanol–water partition coefficient (Wildman–Crippen LogP) is 1.26. The maximum Gasteiger partial charge on any atom is 0.272 e. The van der Waals surface area contributed by atoms with Gasteiger partial charge in [-0.2, -0.15) is 5.10 Å². The van der Waals surface area contributed by atoms with Crippen LogP contribution >= 0.6 is 12.4 Å². The summed E-state index contributed by atoms with van der Waals surface area (Å²) >= 11 is 0. The van der Waals surface area contributed by atoms with E-state index in [0.29, 0.717) is 5.69 Å². The van der Waals surface area contributed by atoms with Crippen LogP contribution in [-0.4, -0.2) is 46.3 Å². The summed E-state index contributed by atoms with van der Waals surface area (Å²) < 4.78 is 1.83. The quantitative estimate of drug-likeness (QED) is 0.757. The van der Waals surface area contributed by atoms with E-state index in [4.69, 9.17) is 0 Å². The first kappa shape index (κ1) is 20.4. The van der Waals surface area contributed by atoms with Crippen molar-refractivity contribution >= 4 is 24.2 Å². The summed E-state index contributed by atoms with van der Waals surface area (Å²) in [4.78, 5) is 24.3. The van der Waals surface area contributed by atoms with Crippen LogP contribution in [0, 0.1) is 0 Å². The third kappa shape index (κ3) is 5.79. The van der Waals surface area contributed by atoms with Gasteiger partial charge in [-0.05, 0) is 53.1 Å².